The highest BCUT2D eigenvalue weighted by molar-refractivity contribution is 7.58. The van der Waals surface area contributed by atoms with Gasteiger partial charge in [0.25, 0.3) is 0 Å². The van der Waals surface area contributed by atoms with Crippen LogP contribution in [0, 0.1) is 5.92 Å². The van der Waals surface area contributed by atoms with Crippen LogP contribution in [0.25, 0.3) is 0 Å². The summed E-state index contributed by atoms with van der Waals surface area (Å²) >= 11 is 0. The van der Waals surface area contributed by atoms with Crippen LogP contribution in [-0.4, -0.2) is 40.3 Å². The Morgan fingerprint density at radius 2 is 1.95 bits per heavy atom. The van der Waals surface area contributed by atoms with Crippen LogP contribution in [0.5, 0.6) is 0 Å². The molecule has 0 saturated heterocycles. The number of aliphatic hydroxyl groups excluding tert-OH is 1. The second-order valence-corrected chi connectivity index (χ2v) is 8.59. The Balaban J connectivity index is 2.32. The summed E-state index contributed by atoms with van der Waals surface area (Å²) in [6.45, 7) is 1.61. The highest BCUT2D eigenvalue weighted by Gasteiger charge is 2.28. The van der Waals surface area contributed by atoms with Crippen molar-refractivity contribution in [2.24, 2.45) is 11.7 Å². The summed E-state index contributed by atoms with van der Waals surface area (Å²) in [5, 5.41) is 9.82. The minimum absolute atomic E-state index is 0.101. The van der Waals surface area contributed by atoms with Crippen molar-refractivity contribution in [1.82, 2.24) is 0 Å². The number of nitrogens with two attached hydrogens (primary N) is 1. The summed E-state index contributed by atoms with van der Waals surface area (Å²) in [6.07, 6.45) is 5.23. The molecule has 1 aliphatic carbocycles. The molecule has 0 heterocycles. The molecule has 0 amide bonds. The van der Waals surface area contributed by atoms with E-state index in [-0.39, 0.29) is 24.8 Å². The second-order valence-electron chi connectivity index (χ2n) is 6.16. The van der Waals surface area contributed by atoms with E-state index < -0.39 is 19.5 Å². The Morgan fingerprint density at radius 3 is 2.50 bits per heavy atom. The molecule has 1 aliphatic rings. The van der Waals surface area contributed by atoms with Crippen molar-refractivity contribution in [2.45, 2.75) is 64.0 Å². The smallest absolute Gasteiger partial charge is 0.203 e. The predicted molar refractivity (Wildman–Crippen MR) is 80.0 cm³/mol. The third-order valence-electron chi connectivity index (χ3n) is 4.00. The first-order valence-corrected chi connectivity index (χ1v) is 9.60. The lowest BCUT2D eigenvalue weighted by Gasteiger charge is -2.25. The van der Waals surface area contributed by atoms with Crippen molar-refractivity contribution in [2.75, 3.05) is 12.3 Å². The van der Waals surface area contributed by atoms with Gasteiger partial charge < -0.3 is 15.7 Å². The van der Waals surface area contributed by atoms with E-state index in [4.69, 9.17) is 5.73 Å². The van der Waals surface area contributed by atoms with Gasteiger partial charge in [0.15, 0.2) is 0 Å². The van der Waals surface area contributed by atoms with E-state index in [2.05, 4.69) is 0 Å². The molecule has 0 aromatic heterocycles. The minimum atomic E-state index is -3.29. The maximum Gasteiger partial charge on any atom is 0.203 e. The van der Waals surface area contributed by atoms with Crippen LogP contribution in [0.2, 0.25) is 0 Å². The van der Waals surface area contributed by atoms with Gasteiger partial charge in [-0.3, -0.25) is 9.36 Å². The zero-order valence-electron chi connectivity index (χ0n) is 12.3. The van der Waals surface area contributed by atoms with Gasteiger partial charge in [0.05, 0.1) is 18.3 Å². The van der Waals surface area contributed by atoms with Crippen LogP contribution < -0.4 is 5.73 Å². The summed E-state index contributed by atoms with van der Waals surface area (Å²) in [6, 6.07) is -0.537. The topological polar surface area (TPSA) is 101 Å². The molecule has 5 nitrogen and oxygen atoms in total. The van der Waals surface area contributed by atoms with Gasteiger partial charge in [0.1, 0.15) is 5.78 Å². The standard InChI is InChI=1S/C14H28NO4P/c1-11(15)14(17)8-7-13(16)10-20(18,19)9-12-5-3-2-4-6-12/h11-13,16H,2-10,15H2,1H3,(H,18,19)/t11-,13-/m1/s1. The molecule has 0 spiro atoms. The van der Waals surface area contributed by atoms with E-state index in [1.165, 1.54) is 6.42 Å². The molecule has 6 heteroatoms. The lowest BCUT2D eigenvalue weighted by Crippen LogP contribution is -2.28. The number of carbonyl (C=O) groups excluding carboxylic acids is 1. The number of rotatable bonds is 8. The average molecular weight is 305 g/mol. The quantitative estimate of drug-likeness (QED) is 0.595. The lowest BCUT2D eigenvalue weighted by atomic mass is 9.91. The molecule has 3 atom stereocenters. The van der Waals surface area contributed by atoms with Crippen LogP contribution in [-0.2, 0) is 9.36 Å². The SMILES string of the molecule is C[C@@H](N)C(=O)CC[C@@H](O)CP(=O)(O)CC1CCCCC1. The second kappa shape index (κ2) is 8.28. The molecule has 0 radical (unpaired) electrons. The highest BCUT2D eigenvalue weighted by Crippen LogP contribution is 2.46. The van der Waals surface area contributed by atoms with E-state index in [0.717, 1.165) is 25.7 Å². The van der Waals surface area contributed by atoms with Crippen molar-refractivity contribution in [3.05, 3.63) is 0 Å². The fourth-order valence-corrected chi connectivity index (χ4v) is 4.97. The van der Waals surface area contributed by atoms with E-state index in [1.807, 2.05) is 0 Å². The van der Waals surface area contributed by atoms with Gasteiger partial charge in [-0.2, -0.15) is 0 Å². The van der Waals surface area contributed by atoms with Crippen LogP contribution in [0.3, 0.4) is 0 Å². The first kappa shape index (κ1) is 17.8. The molecular weight excluding hydrogens is 277 g/mol. The van der Waals surface area contributed by atoms with Crippen LogP contribution in [0.15, 0.2) is 0 Å². The maximum atomic E-state index is 12.2. The number of hydrogen-bond donors (Lipinski definition) is 3. The number of hydrogen-bond acceptors (Lipinski definition) is 4. The van der Waals surface area contributed by atoms with Crippen molar-refractivity contribution >= 4 is 13.2 Å². The Hall–Kier alpha value is -0.220. The van der Waals surface area contributed by atoms with E-state index in [0.29, 0.717) is 12.1 Å². The zero-order chi connectivity index (χ0) is 15.2. The largest absolute Gasteiger partial charge is 0.393 e. The Kier molecular flexibility index (Phi) is 7.38. The van der Waals surface area contributed by atoms with Gasteiger partial charge in [0.2, 0.25) is 7.37 Å². The molecule has 20 heavy (non-hydrogen) atoms. The zero-order valence-corrected chi connectivity index (χ0v) is 13.2. The summed E-state index contributed by atoms with van der Waals surface area (Å²) in [4.78, 5) is 21.4. The molecule has 118 valence electrons. The monoisotopic (exact) mass is 305 g/mol. The fraction of sp³-hybridized carbons (Fsp3) is 0.929. The van der Waals surface area contributed by atoms with Crippen molar-refractivity contribution < 1.29 is 19.4 Å². The Bertz CT molecular complexity index is 353. The third-order valence-corrected chi connectivity index (χ3v) is 6.08. The Morgan fingerprint density at radius 1 is 1.35 bits per heavy atom. The number of ketones is 1. The molecule has 1 unspecified atom stereocenters. The normalized spacial score (nSPS) is 23.0. The van der Waals surface area contributed by atoms with Gasteiger partial charge in [-0.05, 0) is 32.1 Å². The Labute approximate surface area is 121 Å². The molecule has 0 aliphatic heterocycles. The maximum absolute atomic E-state index is 12.2. The van der Waals surface area contributed by atoms with Crippen molar-refractivity contribution in [3.63, 3.8) is 0 Å². The van der Waals surface area contributed by atoms with Crippen molar-refractivity contribution in [1.29, 1.82) is 0 Å². The van der Waals surface area contributed by atoms with Crippen molar-refractivity contribution in [3.8, 4) is 0 Å². The molecule has 4 N–H and O–H groups in total. The summed E-state index contributed by atoms with van der Waals surface area (Å²) < 4.78 is 12.2. The first-order chi connectivity index (χ1) is 9.30. The van der Waals surface area contributed by atoms with Crippen LogP contribution >= 0.6 is 7.37 Å². The summed E-state index contributed by atoms with van der Waals surface area (Å²) in [5.41, 5.74) is 5.44. The summed E-state index contributed by atoms with van der Waals surface area (Å²) in [5.74, 6) is 0.196. The van der Waals surface area contributed by atoms with Gasteiger partial charge in [-0.15, -0.1) is 0 Å². The van der Waals surface area contributed by atoms with Gasteiger partial charge in [0, 0.05) is 12.6 Å². The van der Waals surface area contributed by atoms with E-state index >= 15 is 0 Å². The molecular formula is C14H28NO4P. The molecule has 0 aromatic rings. The van der Waals surface area contributed by atoms with Gasteiger partial charge >= 0.3 is 0 Å². The van der Waals surface area contributed by atoms with E-state index in [1.54, 1.807) is 6.92 Å². The predicted octanol–water partition coefficient (Wildman–Crippen LogP) is 1.89. The number of carbonyl (C=O) groups is 1. The fourth-order valence-electron chi connectivity index (χ4n) is 2.80. The minimum Gasteiger partial charge on any atom is -0.393 e. The van der Waals surface area contributed by atoms with Crippen LogP contribution in [0.4, 0.5) is 0 Å². The molecule has 1 rings (SSSR count). The summed E-state index contributed by atoms with van der Waals surface area (Å²) in [7, 11) is -3.29. The molecule has 1 fully saturated rings. The third kappa shape index (κ3) is 6.98. The highest BCUT2D eigenvalue weighted by atomic mass is 31.2. The molecule has 1 saturated carbocycles. The first-order valence-electron chi connectivity index (χ1n) is 7.57. The van der Waals surface area contributed by atoms with Crippen LogP contribution in [0.1, 0.15) is 51.9 Å². The molecule has 0 aromatic carbocycles. The number of aliphatic hydroxyl groups is 1. The van der Waals surface area contributed by atoms with Gasteiger partial charge in [-0.1, -0.05) is 19.3 Å². The average Bonchev–Trinajstić information content (AvgIpc) is 2.35. The number of Topliss-reactive ketones (excluding diaryl/α,β-unsaturated/α-hetero) is 1. The van der Waals surface area contributed by atoms with E-state index in [9.17, 15) is 19.4 Å². The molecule has 0 bridgehead atoms. The van der Waals surface area contributed by atoms with Gasteiger partial charge in [-0.25, -0.2) is 0 Å². The lowest BCUT2D eigenvalue weighted by molar-refractivity contribution is -0.120.